The normalized spacial score (nSPS) is 10.6. The molecule has 0 radical (unpaired) electrons. The molecule has 1 aromatic heterocycles. The number of carbonyl (C=O) groups is 1. The summed E-state index contributed by atoms with van der Waals surface area (Å²) in [5.41, 5.74) is 1.44. The third-order valence-corrected chi connectivity index (χ3v) is 3.00. The van der Waals surface area contributed by atoms with Gasteiger partial charge >= 0.3 is 0 Å². The van der Waals surface area contributed by atoms with Gasteiger partial charge < -0.3 is 10.2 Å². The van der Waals surface area contributed by atoms with E-state index < -0.39 is 0 Å². The smallest absolute Gasteiger partial charge is 0.248 e. The Kier molecular flexibility index (Phi) is 4.99. The summed E-state index contributed by atoms with van der Waals surface area (Å²) in [5.74, 6) is -0.444. The molecule has 21 heavy (non-hydrogen) atoms. The molecular weight excluding hydrogens is 273 g/mol. The van der Waals surface area contributed by atoms with Crippen LogP contribution in [0.5, 0.6) is 0 Å². The lowest BCUT2D eigenvalue weighted by molar-refractivity contribution is -0.119. The number of aromatic nitrogens is 3. The van der Waals surface area contributed by atoms with Gasteiger partial charge in [0.15, 0.2) is 0 Å². The summed E-state index contributed by atoms with van der Waals surface area (Å²) in [6, 6.07) is 5.85. The van der Waals surface area contributed by atoms with Crippen molar-refractivity contribution in [2.45, 2.75) is 20.0 Å². The largest absolute Gasteiger partial charge is 0.314 e. The van der Waals surface area contributed by atoms with Gasteiger partial charge in [-0.2, -0.15) is 0 Å². The maximum atomic E-state index is 12.9. The Morgan fingerprint density at radius 2 is 2.10 bits per heavy atom. The summed E-state index contributed by atoms with van der Waals surface area (Å²) in [4.78, 5) is 13.9. The lowest BCUT2D eigenvalue weighted by Crippen LogP contribution is -2.33. The van der Waals surface area contributed by atoms with Gasteiger partial charge in [-0.25, -0.2) is 9.07 Å². The standard InChI is InChI=1S/C14H18FN5O/c1-3-20(13-6-4-11(15)5-7-13)14(21)10-19-9-12(8-16-2)17-18-19/h4-7,9,16H,3,8,10H2,1-2H3. The highest BCUT2D eigenvalue weighted by Gasteiger charge is 2.15. The Bertz CT molecular complexity index is 596. The quantitative estimate of drug-likeness (QED) is 0.868. The van der Waals surface area contributed by atoms with Crippen LogP contribution in [0.25, 0.3) is 0 Å². The first-order valence-corrected chi connectivity index (χ1v) is 6.73. The molecule has 7 heteroatoms. The molecule has 6 nitrogen and oxygen atoms in total. The average molecular weight is 291 g/mol. The molecular formula is C14H18FN5O. The van der Waals surface area contributed by atoms with E-state index in [1.165, 1.54) is 16.8 Å². The number of likely N-dealkylation sites (N-methyl/N-ethyl adjacent to an activating group) is 1. The van der Waals surface area contributed by atoms with Crippen LogP contribution in [0.2, 0.25) is 0 Å². The molecule has 0 bridgehead atoms. The monoisotopic (exact) mass is 291 g/mol. The molecule has 0 aliphatic carbocycles. The fourth-order valence-electron chi connectivity index (χ4n) is 2.03. The molecule has 0 aliphatic heterocycles. The zero-order valence-electron chi connectivity index (χ0n) is 12.1. The first kappa shape index (κ1) is 15.1. The number of halogens is 1. The molecule has 1 aromatic carbocycles. The van der Waals surface area contributed by atoms with Gasteiger partial charge in [0, 0.05) is 18.8 Å². The van der Waals surface area contributed by atoms with Crippen molar-refractivity contribution in [2.24, 2.45) is 0 Å². The molecule has 112 valence electrons. The van der Waals surface area contributed by atoms with Gasteiger partial charge in [-0.15, -0.1) is 5.10 Å². The van der Waals surface area contributed by atoms with Crippen molar-refractivity contribution in [3.8, 4) is 0 Å². The van der Waals surface area contributed by atoms with Crippen molar-refractivity contribution >= 4 is 11.6 Å². The second-order valence-corrected chi connectivity index (χ2v) is 4.55. The van der Waals surface area contributed by atoms with Gasteiger partial charge in [0.1, 0.15) is 12.4 Å². The van der Waals surface area contributed by atoms with Crippen LogP contribution >= 0.6 is 0 Å². The topological polar surface area (TPSA) is 63.1 Å². The highest BCUT2D eigenvalue weighted by molar-refractivity contribution is 5.93. The Morgan fingerprint density at radius 3 is 2.71 bits per heavy atom. The predicted molar refractivity (Wildman–Crippen MR) is 77.2 cm³/mol. The molecule has 0 saturated carbocycles. The summed E-state index contributed by atoms with van der Waals surface area (Å²) < 4.78 is 14.4. The minimum absolute atomic E-state index is 0.0991. The highest BCUT2D eigenvalue weighted by atomic mass is 19.1. The summed E-state index contributed by atoms with van der Waals surface area (Å²) in [6.07, 6.45) is 1.73. The Labute approximate surface area is 122 Å². The van der Waals surface area contributed by atoms with E-state index in [1.54, 1.807) is 23.2 Å². The maximum absolute atomic E-state index is 12.9. The van der Waals surface area contributed by atoms with Crippen LogP contribution in [0.1, 0.15) is 12.6 Å². The van der Waals surface area contributed by atoms with Gasteiger partial charge in [-0.05, 0) is 38.2 Å². The molecule has 0 fully saturated rings. The molecule has 1 N–H and O–H groups in total. The minimum atomic E-state index is -0.324. The molecule has 2 rings (SSSR count). The van der Waals surface area contributed by atoms with Gasteiger partial charge in [0.2, 0.25) is 5.91 Å². The summed E-state index contributed by atoms with van der Waals surface area (Å²) in [6.45, 7) is 3.07. The molecule has 2 aromatic rings. The number of nitrogens with one attached hydrogen (secondary N) is 1. The van der Waals surface area contributed by atoms with Gasteiger partial charge in [0.05, 0.1) is 11.9 Å². The van der Waals surface area contributed by atoms with Crippen LogP contribution in [-0.2, 0) is 17.9 Å². The number of rotatable bonds is 6. The van der Waals surface area contributed by atoms with Crippen molar-refractivity contribution < 1.29 is 9.18 Å². The number of nitrogens with zero attached hydrogens (tertiary/aromatic N) is 4. The first-order valence-electron chi connectivity index (χ1n) is 6.73. The number of carbonyl (C=O) groups excluding carboxylic acids is 1. The lowest BCUT2D eigenvalue weighted by atomic mass is 10.2. The highest BCUT2D eigenvalue weighted by Crippen LogP contribution is 2.15. The van der Waals surface area contributed by atoms with Crippen molar-refractivity contribution in [3.05, 3.63) is 42.0 Å². The second-order valence-electron chi connectivity index (χ2n) is 4.55. The van der Waals surface area contributed by atoms with Crippen molar-refractivity contribution in [2.75, 3.05) is 18.5 Å². The van der Waals surface area contributed by atoms with E-state index in [9.17, 15) is 9.18 Å². The minimum Gasteiger partial charge on any atom is -0.314 e. The third kappa shape index (κ3) is 3.85. The van der Waals surface area contributed by atoms with Crippen LogP contribution < -0.4 is 10.2 Å². The molecule has 1 amide bonds. The molecule has 0 aliphatic rings. The van der Waals surface area contributed by atoms with Gasteiger partial charge in [-0.3, -0.25) is 4.79 Å². The number of benzene rings is 1. The lowest BCUT2D eigenvalue weighted by Gasteiger charge is -2.20. The Morgan fingerprint density at radius 1 is 1.38 bits per heavy atom. The van der Waals surface area contributed by atoms with Crippen LogP contribution in [0.3, 0.4) is 0 Å². The van der Waals surface area contributed by atoms with E-state index in [-0.39, 0.29) is 18.3 Å². The molecule has 0 saturated heterocycles. The average Bonchev–Trinajstić information content (AvgIpc) is 2.89. The number of hydrogen-bond acceptors (Lipinski definition) is 4. The van der Waals surface area contributed by atoms with E-state index in [2.05, 4.69) is 15.6 Å². The molecule has 0 atom stereocenters. The fraction of sp³-hybridized carbons (Fsp3) is 0.357. The summed E-state index contributed by atoms with van der Waals surface area (Å²) in [5, 5.41) is 10.8. The maximum Gasteiger partial charge on any atom is 0.248 e. The molecule has 0 unspecified atom stereocenters. The Balaban J connectivity index is 2.07. The first-order chi connectivity index (χ1) is 10.1. The summed E-state index contributed by atoms with van der Waals surface area (Å²) in [7, 11) is 1.82. The second kappa shape index (κ2) is 6.94. The number of anilines is 1. The van der Waals surface area contributed by atoms with E-state index in [0.717, 1.165) is 5.69 Å². The van der Waals surface area contributed by atoms with Crippen molar-refractivity contribution in [3.63, 3.8) is 0 Å². The van der Waals surface area contributed by atoms with Gasteiger partial charge in [0.25, 0.3) is 0 Å². The third-order valence-electron chi connectivity index (χ3n) is 3.00. The van der Waals surface area contributed by atoms with Crippen molar-refractivity contribution in [1.29, 1.82) is 0 Å². The fourth-order valence-corrected chi connectivity index (χ4v) is 2.03. The van der Waals surface area contributed by atoms with Crippen LogP contribution in [-0.4, -0.2) is 34.5 Å². The number of amides is 1. The van der Waals surface area contributed by atoms with E-state index >= 15 is 0 Å². The SMILES string of the molecule is CCN(C(=O)Cn1cc(CNC)nn1)c1ccc(F)cc1. The van der Waals surface area contributed by atoms with E-state index in [4.69, 9.17) is 0 Å². The zero-order chi connectivity index (χ0) is 15.2. The van der Waals surface area contributed by atoms with Crippen molar-refractivity contribution in [1.82, 2.24) is 20.3 Å². The molecule has 1 heterocycles. The summed E-state index contributed by atoms with van der Waals surface area (Å²) >= 11 is 0. The predicted octanol–water partition coefficient (Wildman–Crippen LogP) is 1.19. The molecule has 0 spiro atoms. The number of hydrogen-bond donors (Lipinski definition) is 1. The van der Waals surface area contributed by atoms with Gasteiger partial charge in [-0.1, -0.05) is 5.21 Å². The Hall–Kier alpha value is -2.28. The van der Waals surface area contributed by atoms with E-state index in [0.29, 0.717) is 18.8 Å². The van der Waals surface area contributed by atoms with Crippen LogP contribution in [0, 0.1) is 5.82 Å². The van der Waals surface area contributed by atoms with E-state index in [1.807, 2.05) is 14.0 Å². The van der Waals surface area contributed by atoms with Crippen LogP contribution in [0.15, 0.2) is 30.5 Å². The zero-order valence-corrected chi connectivity index (χ0v) is 12.1. The van der Waals surface area contributed by atoms with Crippen LogP contribution in [0.4, 0.5) is 10.1 Å².